The van der Waals surface area contributed by atoms with Gasteiger partial charge in [0.15, 0.2) is 0 Å². The lowest BCUT2D eigenvalue weighted by atomic mass is 10.0. The highest BCUT2D eigenvalue weighted by molar-refractivity contribution is 5.89. The zero-order valence-electron chi connectivity index (χ0n) is 11.6. The van der Waals surface area contributed by atoms with Crippen LogP contribution in [-0.2, 0) is 9.59 Å². The van der Waals surface area contributed by atoms with Crippen molar-refractivity contribution in [3.63, 3.8) is 0 Å². The Morgan fingerprint density at radius 2 is 2.25 bits per heavy atom. The van der Waals surface area contributed by atoms with Gasteiger partial charge in [0.2, 0.25) is 11.8 Å². The smallest absolute Gasteiger partial charge is 0.228 e. The van der Waals surface area contributed by atoms with Crippen LogP contribution in [0.1, 0.15) is 25.3 Å². The van der Waals surface area contributed by atoms with Gasteiger partial charge in [-0.3, -0.25) is 9.59 Å². The van der Waals surface area contributed by atoms with Gasteiger partial charge in [0, 0.05) is 33.1 Å². The largest absolute Gasteiger partial charge is 0.345 e. The standard InChI is InChI=1S/C13H19N5O2/c1-16-6-10(5-12(16)19)13(20)17-4-2-3-11(7-17)18-9-14-8-15-18/h8-11H,2-7H2,1H3. The van der Waals surface area contributed by atoms with Gasteiger partial charge in [-0.25, -0.2) is 9.67 Å². The molecule has 2 unspecified atom stereocenters. The maximum atomic E-state index is 12.5. The number of carbonyl (C=O) groups is 2. The van der Waals surface area contributed by atoms with Gasteiger partial charge in [-0.1, -0.05) is 0 Å². The first-order valence-electron chi connectivity index (χ1n) is 7.02. The molecule has 3 heterocycles. The lowest BCUT2D eigenvalue weighted by Gasteiger charge is -2.34. The van der Waals surface area contributed by atoms with E-state index in [2.05, 4.69) is 10.1 Å². The molecule has 2 amide bonds. The molecule has 2 fully saturated rings. The molecule has 0 spiro atoms. The van der Waals surface area contributed by atoms with Gasteiger partial charge < -0.3 is 9.80 Å². The fourth-order valence-corrected chi connectivity index (χ4v) is 3.06. The zero-order chi connectivity index (χ0) is 14.1. The van der Waals surface area contributed by atoms with Crippen LogP contribution in [0.25, 0.3) is 0 Å². The minimum atomic E-state index is -0.179. The van der Waals surface area contributed by atoms with E-state index in [1.165, 1.54) is 6.33 Å². The maximum Gasteiger partial charge on any atom is 0.228 e. The van der Waals surface area contributed by atoms with Crippen LogP contribution in [0.2, 0.25) is 0 Å². The topological polar surface area (TPSA) is 71.3 Å². The number of likely N-dealkylation sites (tertiary alicyclic amines) is 2. The minimum Gasteiger partial charge on any atom is -0.345 e. The van der Waals surface area contributed by atoms with Crippen molar-refractivity contribution in [3.05, 3.63) is 12.7 Å². The van der Waals surface area contributed by atoms with Crippen LogP contribution < -0.4 is 0 Å². The van der Waals surface area contributed by atoms with Crippen molar-refractivity contribution in [3.8, 4) is 0 Å². The number of amides is 2. The summed E-state index contributed by atoms with van der Waals surface area (Å²) in [5, 5.41) is 4.16. The summed E-state index contributed by atoms with van der Waals surface area (Å²) in [6.07, 6.45) is 5.54. The van der Waals surface area contributed by atoms with Crippen LogP contribution in [-0.4, -0.2) is 63.1 Å². The monoisotopic (exact) mass is 277 g/mol. The van der Waals surface area contributed by atoms with E-state index >= 15 is 0 Å². The predicted octanol–water partition coefficient (Wildman–Crippen LogP) is -0.0801. The Kier molecular flexibility index (Phi) is 3.42. The zero-order valence-corrected chi connectivity index (χ0v) is 11.6. The normalized spacial score (nSPS) is 27.1. The Bertz CT molecular complexity index is 501. The quantitative estimate of drug-likeness (QED) is 0.758. The first-order valence-corrected chi connectivity index (χ1v) is 7.02. The molecular formula is C13H19N5O2. The summed E-state index contributed by atoms with van der Waals surface area (Å²) in [4.78, 5) is 31.5. The van der Waals surface area contributed by atoms with E-state index in [9.17, 15) is 9.59 Å². The van der Waals surface area contributed by atoms with Crippen molar-refractivity contribution >= 4 is 11.8 Å². The Hall–Kier alpha value is -1.92. The number of carbonyl (C=O) groups excluding carboxylic acids is 2. The SMILES string of the molecule is CN1CC(C(=O)N2CCCC(n3cncn3)C2)CC1=O. The third kappa shape index (κ3) is 2.39. The number of hydrogen-bond donors (Lipinski definition) is 0. The van der Waals surface area contributed by atoms with E-state index in [0.29, 0.717) is 19.5 Å². The lowest BCUT2D eigenvalue weighted by Crippen LogP contribution is -2.44. The van der Waals surface area contributed by atoms with E-state index in [-0.39, 0.29) is 23.8 Å². The van der Waals surface area contributed by atoms with Crippen molar-refractivity contribution in [2.45, 2.75) is 25.3 Å². The van der Waals surface area contributed by atoms with Gasteiger partial charge in [0.05, 0.1) is 12.0 Å². The average molecular weight is 277 g/mol. The third-order valence-electron chi connectivity index (χ3n) is 4.21. The molecule has 1 aromatic rings. The van der Waals surface area contributed by atoms with E-state index in [0.717, 1.165) is 19.4 Å². The number of nitrogens with zero attached hydrogens (tertiary/aromatic N) is 5. The molecule has 7 heteroatoms. The van der Waals surface area contributed by atoms with E-state index in [1.807, 2.05) is 9.58 Å². The van der Waals surface area contributed by atoms with Crippen LogP contribution in [0.5, 0.6) is 0 Å². The van der Waals surface area contributed by atoms with Gasteiger partial charge in [-0.05, 0) is 12.8 Å². The summed E-state index contributed by atoms with van der Waals surface area (Å²) >= 11 is 0. The van der Waals surface area contributed by atoms with E-state index < -0.39 is 0 Å². The van der Waals surface area contributed by atoms with Crippen LogP contribution in [0.15, 0.2) is 12.7 Å². The summed E-state index contributed by atoms with van der Waals surface area (Å²) in [5.74, 6) is -0.0114. The van der Waals surface area contributed by atoms with Gasteiger partial charge >= 0.3 is 0 Å². The number of piperidine rings is 1. The fourth-order valence-electron chi connectivity index (χ4n) is 3.06. The Labute approximate surface area is 117 Å². The summed E-state index contributed by atoms with van der Waals surface area (Å²) in [5.41, 5.74) is 0. The Morgan fingerprint density at radius 1 is 1.40 bits per heavy atom. The molecule has 2 saturated heterocycles. The van der Waals surface area contributed by atoms with Crippen molar-refractivity contribution in [2.75, 3.05) is 26.7 Å². The molecular weight excluding hydrogens is 258 g/mol. The predicted molar refractivity (Wildman–Crippen MR) is 70.6 cm³/mol. The summed E-state index contributed by atoms with van der Waals surface area (Å²) in [6.45, 7) is 1.98. The van der Waals surface area contributed by atoms with Crippen LogP contribution in [0.4, 0.5) is 0 Å². The highest BCUT2D eigenvalue weighted by Gasteiger charge is 2.36. The second kappa shape index (κ2) is 5.22. The number of hydrogen-bond acceptors (Lipinski definition) is 4. The molecule has 3 rings (SSSR count). The molecule has 0 saturated carbocycles. The molecule has 2 atom stereocenters. The molecule has 7 nitrogen and oxygen atoms in total. The van der Waals surface area contributed by atoms with Gasteiger partial charge in [0.25, 0.3) is 0 Å². The highest BCUT2D eigenvalue weighted by Crippen LogP contribution is 2.24. The molecule has 108 valence electrons. The third-order valence-corrected chi connectivity index (χ3v) is 4.21. The van der Waals surface area contributed by atoms with Gasteiger partial charge in [-0.2, -0.15) is 5.10 Å². The average Bonchev–Trinajstić information content (AvgIpc) is 3.09. The van der Waals surface area contributed by atoms with Gasteiger partial charge in [-0.15, -0.1) is 0 Å². The number of aromatic nitrogens is 3. The lowest BCUT2D eigenvalue weighted by molar-refractivity contribution is -0.137. The first kappa shape index (κ1) is 13.1. The number of rotatable bonds is 2. The summed E-state index contributed by atoms with van der Waals surface area (Å²) in [6, 6.07) is 0.199. The Balaban J connectivity index is 1.65. The van der Waals surface area contributed by atoms with Crippen LogP contribution in [0.3, 0.4) is 0 Å². The molecule has 0 bridgehead atoms. The molecule has 20 heavy (non-hydrogen) atoms. The molecule has 0 aromatic carbocycles. The van der Waals surface area contributed by atoms with Crippen LogP contribution in [0, 0.1) is 5.92 Å². The highest BCUT2D eigenvalue weighted by atomic mass is 16.2. The molecule has 0 N–H and O–H groups in total. The second-order valence-corrected chi connectivity index (χ2v) is 5.63. The molecule has 2 aliphatic heterocycles. The van der Waals surface area contributed by atoms with Crippen molar-refractivity contribution in [2.24, 2.45) is 5.92 Å². The van der Waals surface area contributed by atoms with Crippen molar-refractivity contribution < 1.29 is 9.59 Å². The summed E-state index contributed by atoms with van der Waals surface area (Å²) in [7, 11) is 1.75. The van der Waals surface area contributed by atoms with E-state index in [4.69, 9.17) is 0 Å². The van der Waals surface area contributed by atoms with E-state index in [1.54, 1.807) is 18.3 Å². The molecule has 2 aliphatic rings. The molecule has 1 aromatic heterocycles. The summed E-state index contributed by atoms with van der Waals surface area (Å²) < 4.78 is 1.82. The fraction of sp³-hybridized carbons (Fsp3) is 0.692. The van der Waals surface area contributed by atoms with Crippen molar-refractivity contribution in [1.29, 1.82) is 0 Å². The molecule has 0 radical (unpaired) electrons. The maximum absolute atomic E-state index is 12.5. The van der Waals surface area contributed by atoms with Crippen molar-refractivity contribution in [1.82, 2.24) is 24.6 Å². The first-order chi connectivity index (χ1) is 9.65. The van der Waals surface area contributed by atoms with Crippen LogP contribution >= 0.6 is 0 Å². The van der Waals surface area contributed by atoms with Gasteiger partial charge in [0.1, 0.15) is 12.7 Å². The minimum absolute atomic E-state index is 0.0631. The second-order valence-electron chi connectivity index (χ2n) is 5.63. The molecule has 0 aliphatic carbocycles. The Morgan fingerprint density at radius 3 is 2.90 bits per heavy atom.